The first-order valence-corrected chi connectivity index (χ1v) is 5.44. The smallest absolute Gasteiger partial charge is 0.224 e. The zero-order valence-electron chi connectivity index (χ0n) is 10.2. The first kappa shape index (κ1) is 12.2. The highest BCUT2D eigenvalue weighted by molar-refractivity contribution is 5.81. The van der Waals surface area contributed by atoms with Crippen molar-refractivity contribution in [2.24, 2.45) is 0 Å². The van der Waals surface area contributed by atoms with E-state index in [4.69, 9.17) is 11.5 Å². The normalized spacial score (nSPS) is 11.0. The second-order valence-corrected chi connectivity index (χ2v) is 3.99. The molecule has 0 bridgehead atoms. The molecule has 0 aromatic carbocycles. The molecule has 2 heterocycles. The Morgan fingerprint density at radius 1 is 1.33 bits per heavy atom. The van der Waals surface area contributed by atoms with E-state index in [2.05, 4.69) is 31.4 Å². The molecule has 0 amide bonds. The molecule has 18 heavy (non-hydrogen) atoms. The predicted molar refractivity (Wildman–Crippen MR) is 70.5 cm³/mol. The van der Waals surface area contributed by atoms with E-state index in [1.807, 2.05) is 13.1 Å². The third-order valence-electron chi connectivity index (χ3n) is 2.37. The van der Waals surface area contributed by atoms with Crippen molar-refractivity contribution in [1.82, 2.24) is 24.8 Å². The molecular weight excluding hydrogens is 230 g/mol. The van der Waals surface area contributed by atoms with Crippen LogP contribution in [0.2, 0.25) is 0 Å². The Labute approximate surface area is 105 Å². The topological polar surface area (TPSA) is 107 Å². The molecule has 94 valence electrons. The van der Waals surface area contributed by atoms with Crippen LogP contribution in [0.5, 0.6) is 0 Å². The van der Waals surface area contributed by atoms with Crippen LogP contribution >= 0.6 is 0 Å². The van der Waals surface area contributed by atoms with E-state index in [9.17, 15) is 0 Å². The second kappa shape index (κ2) is 4.92. The van der Waals surface area contributed by atoms with E-state index >= 15 is 0 Å². The summed E-state index contributed by atoms with van der Waals surface area (Å²) in [6, 6.07) is 0. The number of aromatic nitrogens is 4. The van der Waals surface area contributed by atoms with Gasteiger partial charge in [0.2, 0.25) is 5.95 Å². The highest BCUT2D eigenvalue weighted by Crippen LogP contribution is 2.14. The van der Waals surface area contributed by atoms with Crippen molar-refractivity contribution < 1.29 is 0 Å². The van der Waals surface area contributed by atoms with Crippen molar-refractivity contribution >= 4 is 22.9 Å². The fraction of sp³-hybridized carbons (Fsp3) is 0.273. The summed E-state index contributed by atoms with van der Waals surface area (Å²) in [4.78, 5) is 18.5. The molecule has 7 heteroatoms. The van der Waals surface area contributed by atoms with Gasteiger partial charge in [0.25, 0.3) is 0 Å². The molecule has 0 fully saturated rings. The van der Waals surface area contributed by atoms with Gasteiger partial charge in [-0.05, 0) is 7.05 Å². The molecule has 0 aliphatic carbocycles. The third kappa shape index (κ3) is 2.51. The van der Waals surface area contributed by atoms with Crippen LogP contribution in [-0.4, -0.2) is 38.4 Å². The Morgan fingerprint density at radius 3 is 2.83 bits per heavy atom. The SMILES string of the molecule is C=CCN(C)Cc1cnc2nc(N)nc(N)c2n1. The maximum absolute atomic E-state index is 5.75. The summed E-state index contributed by atoms with van der Waals surface area (Å²) in [5.41, 5.74) is 12.9. The maximum atomic E-state index is 5.75. The van der Waals surface area contributed by atoms with Gasteiger partial charge in [-0.3, -0.25) is 4.90 Å². The van der Waals surface area contributed by atoms with Gasteiger partial charge < -0.3 is 11.5 Å². The molecule has 0 radical (unpaired) electrons. The molecule has 0 saturated heterocycles. The average molecular weight is 245 g/mol. The van der Waals surface area contributed by atoms with Crippen molar-refractivity contribution in [1.29, 1.82) is 0 Å². The largest absolute Gasteiger partial charge is 0.382 e. The third-order valence-corrected chi connectivity index (χ3v) is 2.37. The quantitative estimate of drug-likeness (QED) is 0.741. The lowest BCUT2D eigenvalue weighted by atomic mass is 10.3. The number of likely N-dealkylation sites (N-methyl/N-ethyl adjacent to an activating group) is 1. The van der Waals surface area contributed by atoms with E-state index in [-0.39, 0.29) is 11.8 Å². The second-order valence-electron chi connectivity index (χ2n) is 3.99. The summed E-state index contributed by atoms with van der Waals surface area (Å²) in [6.45, 7) is 5.11. The number of fused-ring (bicyclic) bond motifs is 1. The van der Waals surface area contributed by atoms with Crippen LogP contribution in [0.3, 0.4) is 0 Å². The van der Waals surface area contributed by atoms with Gasteiger partial charge in [0.05, 0.1) is 11.9 Å². The Morgan fingerprint density at radius 2 is 2.11 bits per heavy atom. The first-order valence-electron chi connectivity index (χ1n) is 5.44. The summed E-state index contributed by atoms with van der Waals surface area (Å²) in [6.07, 6.45) is 3.49. The van der Waals surface area contributed by atoms with Crippen molar-refractivity contribution in [2.75, 3.05) is 25.1 Å². The molecule has 4 N–H and O–H groups in total. The van der Waals surface area contributed by atoms with Crippen molar-refractivity contribution in [3.8, 4) is 0 Å². The van der Waals surface area contributed by atoms with Crippen LogP contribution in [-0.2, 0) is 6.54 Å². The number of anilines is 2. The summed E-state index contributed by atoms with van der Waals surface area (Å²) < 4.78 is 0. The first-order chi connectivity index (χ1) is 8.60. The van der Waals surface area contributed by atoms with Gasteiger partial charge in [-0.25, -0.2) is 9.97 Å². The molecule has 2 aromatic heterocycles. The molecule has 2 aromatic rings. The molecule has 0 spiro atoms. The van der Waals surface area contributed by atoms with Gasteiger partial charge in [-0.1, -0.05) is 6.08 Å². The lowest BCUT2D eigenvalue weighted by Gasteiger charge is -2.13. The molecule has 2 rings (SSSR count). The number of nitrogen functional groups attached to an aromatic ring is 2. The maximum Gasteiger partial charge on any atom is 0.224 e. The molecule has 0 aliphatic rings. The van der Waals surface area contributed by atoms with E-state index in [1.165, 1.54) is 0 Å². The van der Waals surface area contributed by atoms with Crippen molar-refractivity contribution in [3.63, 3.8) is 0 Å². The van der Waals surface area contributed by atoms with Gasteiger partial charge >= 0.3 is 0 Å². The van der Waals surface area contributed by atoms with E-state index in [0.717, 1.165) is 12.2 Å². The molecule has 0 atom stereocenters. The Bertz CT molecular complexity index is 581. The summed E-state index contributed by atoms with van der Waals surface area (Å²) >= 11 is 0. The van der Waals surface area contributed by atoms with Crippen LogP contribution in [0.1, 0.15) is 5.69 Å². The molecule has 0 aliphatic heterocycles. The standard InChI is InChI=1S/C11H15N7/c1-3-4-18(2)6-7-5-14-10-8(15-7)9(12)16-11(13)17-10/h3,5H,1,4,6H2,2H3,(H4,12,13,14,16,17). The monoisotopic (exact) mass is 245 g/mol. The molecule has 7 nitrogen and oxygen atoms in total. The van der Waals surface area contributed by atoms with Gasteiger partial charge in [0, 0.05) is 13.1 Å². The van der Waals surface area contributed by atoms with Crippen molar-refractivity contribution in [2.45, 2.75) is 6.54 Å². The van der Waals surface area contributed by atoms with Gasteiger partial charge in [-0.2, -0.15) is 9.97 Å². The fourth-order valence-electron chi connectivity index (χ4n) is 1.62. The lowest BCUT2D eigenvalue weighted by molar-refractivity contribution is 0.359. The lowest BCUT2D eigenvalue weighted by Crippen LogP contribution is -2.18. The van der Waals surface area contributed by atoms with Crippen LogP contribution in [0.25, 0.3) is 11.2 Å². The van der Waals surface area contributed by atoms with E-state index in [1.54, 1.807) is 6.20 Å². The van der Waals surface area contributed by atoms with Crippen molar-refractivity contribution in [3.05, 3.63) is 24.5 Å². The Hall–Kier alpha value is -2.28. The number of hydrogen-bond donors (Lipinski definition) is 2. The number of nitrogens with two attached hydrogens (primary N) is 2. The zero-order valence-corrected chi connectivity index (χ0v) is 10.2. The fourth-order valence-corrected chi connectivity index (χ4v) is 1.62. The summed E-state index contributed by atoms with van der Waals surface area (Å²) in [7, 11) is 1.97. The van der Waals surface area contributed by atoms with Crippen LogP contribution in [0.4, 0.5) is 11.8 Å². The Balaban J connectivity index is 2.35. The summed E-state index contributed by atoms with van der Waals surface area (Å²) in [5, 5.41) is 0. The Kier molecular flexibility index (Phi) is 3.33. The number of hydrogen-bond acceptors (Lipinski definition) is 7. The highest BCUT2D eigenvalue weighted by Gasteiger charge is 2.08. The minimum Gasteiger partial charge on any atom is -0.382 e. The average Bonchev–Trinajstić information content (AvgIpc) is 2.30. The summed E-state index contributed by atoms with van der Waals surface area (Å²) in [5.74, 6) is 0.351. The van der Waals surface area contributed by atoms with E-state index < -0.39 is 0 Å². The molecule has 0 saturated carbocycles. The highest BCUT2D eigenvalue weighted by atomic mass is 15.1. The minimum absolute atomic E-state index is 0.103. The van der Waals surface area contributed by atoms with Crippen LogP contribution in [0, 0.1) is 0 Å². The molecule has 0 unspecified atom stereocenters. The van der Waals surface area contributed by atoms with Gasteiger partial charge in [0.1, 0.15) is 0 Å². The van der Waals surface area contributed by atoms with E-state index in [0.29, 0.717) is 17.7 Å². The molecular formula is C11H15N7. The van der Waals surface area contributed by atoms with Crippen LogP contribution < -0.4 is 11.5 Å². The zero-order chi connectivity index (χ0) is 13.1. The number of rotatable bonds is 4. The number of nitrogens with zero attached hydrogens (tertiary/aromatic N) is 5. The predicted octanol–water partition coefficient (Wildman–Crippen LogP) is 0.202. The van der Waals surface area contributed by atoms with Crippen LogP contribution in [0.15, 0.2) is 18.9 Å². The minimum atomic E-state index is 0.103. The van der Waals surface area contributed by atoms with Gasteiger partial charge in [-0.15, -0.1) is 6.58 Å². The van der Waals surface area contributed by atoms with Gasteiger partial charge in [0.15, 0.2) is 17.0 Å².